The molecular formula is C23H24O5. The van der Waals surface area contributed by atoms with Gasteiger partial charge in [0.25, 0.3) is 0 Å². The summed E-state index contributed by atoms with van der Waals surface area (Å²) in [6.45, 7) is 4.01. The highest BCUT2D eigenvalue weighted by Crippen LogP contribution is 2.28. The quantitative estimate of drug-likeness (QED) is 0.400. The fraction of sp³-hybridized carbons (Fsp3) is 0.304. The van der Waals surface area contributed by atoms with Crippen molar-refractivity contribution < 1.29 is 23.8 Å². The average molecular weight is 380 g/mol. The zero-order chi connectivity index (χ0) is 19.8. The van der Waals surface area contributed by atoms with E-state index in [2.05, 4.69) is 6.58 Å². The van der Waals surface area contributed by atoms with E-state index in [4.69, 9.17) is 14.2 Å². The molecule has 5 heteroatoms. The summed E-state index contributed by atoms with van der Waals surface area (Å²) in [6, 6.07) is 15.9. The second kappa shape index (κ2) is 9.74. The third-order valence-electron chi connectivity index (χ3n) is 4.70. The number of esters is 2. The van der Waals surface area contributed by atoms with Gasteiger partial charge in [-0.3, -0.25) is 4.79 Å². The van der Waals surface area contributed by atoms with Crippen LogP contribution in [0.5, 0.6) is 11.5 Å². The SMILES string of the molecule is C=CCOc1ccc(C(=O)OC2CCC(C(=O)Oc3ccccc3)CC2)cc1. The van der Waals surface area contributed by atoms with Crippen molar-refractivity contribution >= 4 is 11.9 Å². The number of ether oxygens (including phenoxy) is 3. The Kier molecular flexibility index (Phi) is 6.84. The molecule has 1 fully saturated rings. The van der Waals surface area contributed by atoms with E-state index in [0.29, 0.717) is 49.4 Å². The zero-order valence-electron chi connectivity index (χ0n) is 15.7. The van der Waals surface area contributed by atoms with Gasteiger partial charge in [-0.25, -0.2) is 4.79 Å². The predicted molar refractivity (Wildman–Crippen MR) is 105 cm³/mol. The molecule has 28 heavy (non-hydrogen) atoms. The molecule has 5 nitrogen and oxygen atoms in total. The molecule has 0 saturated heterocycles. The van der Waals surface area contributed by atoms with Crippen molar-refractivity contribution in [3.05, 3.63) is 72.8 Å². The molecule has 1 aliphatic rings. The molecule has 1 aliphatic carbocycles. The monoisotopic (exact) mass is 380 g/mol. The van der Waals surface area contributed by atoms with Crippen LogP contribution in [0.15, 0.2) is 67.3 Å². The average Bonchev–Trinajstić information content (AvgIpc) is 2.74. The van der Waals surface area contributed by atoms with Gasteiger partial charge < -0.3 is 14.2 Å². The van der Waals surface area contributed by atoms with Crippen molar-refractivity contribution in [2.75, 3.05) is 6.61 Å². The molecule has 0 aromatic heterocycles. The van der Waals surface area contributed by atoms with Gasteiger partial charge >= 0.3 is 11.9 Å². The Hall–Kier alpha value is -3.08. The lowest BCUT2D eigenvalue weighted by molar-refractivity contribution is -0.140. The van der Waals surface area contributed by atoms with Crippen molar-refractivity contribution in [3.63, 3.8) is 0 Å². The molecule has 0 unspecified atom stereocenters. The number of carbonyl (C=O) groups is 2. The third-order valence-corrected chi connectivity index (χ3v) is 4.70. The largest absolute Gasteiger partial charge is 0.490 e. The minimum absolute atomic E-state index is 0.156. The summed E-state index contributed by atoms with van der Waals surface area (Å²) < 4.78 is 16.4. The van der Waals surface area contributed by atoms with Gasteiger partial charge in [0, 0.05) is 0 Å². The second-order valence-corrected chi connectivity index (χ2v) is 6.74. The van der Waals surface area contributed by atoms with E-state index < -0.39 is 0 Å². The fourth-order valence-corrected chi connectivity index (χ4v) is 3.17. The van der Waals surface area contributed by atoms with Crippen LogP contribution in [0, 0.1) is 5.92 Å². The van der Waals surface area contributed by atoms with Crippen LogP contribution in [-0.4, -0.2) is 24.6 Å². The van der Waals surface area contributed by atoms with E-state index in [1.54, 1.807) is 42.5 Å². The number of hydrogen-bond acceptors (Lipinski definition) is 5. The zero-order valence-corrected chi connectivity index (χ0v) is 15.7. The highest BCUT2D eigenvalue weighted by Gasteiger charge is 2.29. The Balaban J connectivity index is 1.45. The minimum Gasteiger partial charge on any atom is -0.490 e. The van der Waals surface area contributed by atoms with E-state index >= 15 is 0 Å². The van der Waals surface area contributed by atoms with E-state index in [1.807, 2.05) is 18.2 Å². The molecule has 0 N–H and O–H groups in total. The topological polar surface area (TPSA) is 61.8 Å². The molecule has 0 heterocycles. The molecular weight excluding hydrogens is 356 g/mol. The number of hydrogen-bond donors (Lipinski definition) is 0. The van der Waals surface area contributed by atoms with Crippen LogP contribution in [0.1, 0.15) is 36.0 Å². The summed E-state index contributed by atoms with van der Waals surface area (Å²) in [7, 11) is 0. The molecule has 0 amide bonds. The first-order valence-electron chi connectivity index (χ1n) is 9.47. The summed E-state index contributed by atoms with van der Waals surface area (Å²) in [4.78, 5) is 24.6. The van der Waals surface area contributed by atoms with Crippen LogP contribution >= 0.6 is 0 Å². The third kappa shape index (κ3) is 5.46. The molecule has 0 bridgehead atoms. The molecule has 0 spiro atoms. The Morgan fingerprint density at radius 1 is 0.929 bits per heavy atom. The first-order chi connectivity index (χ1) is 13.7. The maximum absolute atomic E-state index is 12.3. The van der Waals surface area contributed by atoms with Gasteiger partial charge in [-0.2, -0.15) is 0 Å². The Bertz CT molecular complexity index is 790. The Labute approximate surface area is 164 Å². The van der Waals surface area contributed by atoms with Gasteiger partial charge in [0.15, 0.2) is 0 Å². The minimum atomic E-state index is -0.356. The number of carbonyl (C=O) groups excluding carboxylic acids is 2. The summed E-state index contributed by atoms with van der Waals surface area (Å²) in [6.07, 6.45) is 4.09. The predicted octanol–water partition coefficient (Wildman–Crippen LogP) is 4.57. The summed E-state index contributed by atoms with van der Waals surface area (Å²) >= 11 is 0. The highest BCUT2D eigenvalue weighted by molar-refractivity contribution is 5.89. The number of para-hydroxylation sites is 1. The lowest BCUT2D eigenvalue weighted by Gasteiger charge is -2.27. The van der Waals surface area contributed by atoms with Crippen LogP contribution in [0.25, 0.3) is 0 Å². The number of benzene rings is 2. The van der Waals surface area contributed by atoms with Gasteiger partial charge in [0.05, 0.1) is 11.5 Å². The van der Waals surface area contributed by atoms with Crippen molar-refractivity contribution in [2.45, 2.75) is 31.8 Å². The Morgan fingerprint density at radius 2 is 1.61 bits per heavy atom. The molecule has 2 aromatic rings. The van der Waals surface area contributed by atoms with Gasteiger partial charge in [-0.05, 0) is 62.1 Å². The van der Waals surface area contributed by atoms with Gasteiger partial charge in [0.1, 0.15) is 24.2 Å². The van der Waals surface area contributed by atoms with E-state index in [1.165, 1.54) is 0 Å². The standard InChI is InChI=1S/C23H24O5/c1-2-16-26-19-12-8-17(9-13-19)23(25)28-21-14-10-18(11-15-21)22(24)27-20-6-4-3-5-7-20/h2-9,12-13,18,21H,1,10-11,14-16H2. The first-order valence-corrected chi connectivity index (χ1v) is 9.47. The van der Waals surface area contributed by atoms with Crippen LogP contribution in [0.3, 0.4) is 0 Å². The maximum Gasteiger partial charge on any atom is 0.338 e. The molecule has 2 aromatic carbocycles. The van der Waals surface area contributed by atoms with E-state index in [-0.39, 0.29) is 24.0 Å². The first kappa shape index (κ1) is 19.7. The lowest BCUT2D eigenvalue weighted by Crippen LogP contribution is -2.30. The molecule has 0 atom stereocenters. The van der Waals surface area contributed by atoms with Crippen molar-refractivity contribution in [1.82, 2.24) is 0 Å². The van der Waals surface area contributed by atoms with Crippen molar-refractivity contribution in [2.24, 2.45) is 5.92 Å². The fourth-order valence-electron chi connectivity index (χ4n) is 3.17. The second-order valence-electron chi connectivity index (χ2n) is 6.74. The Morgan fingerprint density at radius 3 is 2.25 bits per heavy atom. The molecule has 0 aliphatic heterocycles. The van der Waals surface area contributed by atoms with Crippen LogP contribution in [0.4, 0.5) is 0 Å². The van der Waals surface area contributed by atoms with Gasteiger partial charge in [0.2, 0.25) is 0 Å². The summed E-state index contributed by atoms with van der Waals surface area (Å²) in [5, 5.41) is 0. The molecule has 3 rings (SSSR count). The summed E-state index contributed by atoms with van der Waals surface area (Å²) in [5.41, 5.74) is 0.483. The van der Waals surface area contributed by atoms with Gasteiger partial charge in [-0.1, -0.05) is 30.9 Å². The smallest absolute Gasteiger partial charge is 0.338 e. The molecule has 146 valence electrons. The van der Waals surface area contributed by atoms with Crippen LogP contribution < -0.4 is 9.47 Å². The maximum atomic E-state index is 12.3. The van der Waals surface area contributed by atoms with E-state index in [9.17, 15) is 9.59 Å². The van der Waals surface area contributed by atoms with Crippen molar-refractivity contribution in [3.8, 4) is 11.5 Å². The summed E-state index contributed by atoms with van der Waals surface area (Å²) in [5.74, 6) is 0.503. The van der Waals surface area contributed by atoms with Gasteiger partial charge in [-0.15, -0.1) is 0 Å². The van der Waals surface area contributed by atoms with Crippen LogP contribution in [0.2, 0.25) is 0 Å². The normalized spacial score (nSPS) is 18.7. The van der Waals surface area contributed by atoms with E-state index in [0.717, 1.165) is 0 Å². The van der Waals surface area contributed by atoms with Crippen LogP contribution in [-0.2, 0) is 9.53 Å². The highest BCUT2D eigenvalue weighted by atomic mass is 16.5. The number of rotatable bonds is 7. The molecule has 0 radical (unpaired) electrons. The molecule has 1 saturated carbocycles. The lowest BCUT2D eigenvalue weighted by atomic mass is 9.87. The van der Waals surface area contributed by atoms with Crippen molar-refractivity contribution in [1.29, 1.82) is 0 Å².